The summed E-state index contributed by atoms with van der Waals surface area (Å²) in [6.07, 6.45) is 1.41. The van der Waals surface area contributed by atoms with Crippen LogP contribution < -0.4 is 0 Å². The standard InChI is InChI=1S/C13H17NO5S/c1-20-8-9-2-3-11(19-9)13(17)14-4-5-18-10(7-14)6-12(15)16/h2-3,10H,4-8H2,1H3,(H,15,16). The number of nitrogens with zero attached hydrogens (tertiary/aromatic N) is 1. The minimum Gasteiger partial charge on any atom is -0.481 e. The quantitative estimate of drug-likeness (QED) is 0.886. The van der Waals surface area contributed by atoms with Gasteiger partial charge >= 0.3 is 5.97 Å². The molecule has 1 unspecified atom stereocenters. The number of hydrogen-bond donors (Lipinski definition) is 1. The third-order valence-electron chi connectivity index (χ3n) is 2.99. The van der Waals surface area contributed by atoms with Gasteiger partial charge in [-0.05, 0) is 18.4 Å². The molecule has 1 aliphatic heterocycles. The van der Waals surface area contributed by atoms with Crippen molar-refractivity contribution in [1.29, 1.82) is 0 Å². The summed E-state index contributed by atoms with van der Waals surface area (Å²) in [4.78, 5) is 24.5. The molecule has 0 saturated carbocycles. The topological polar surface area (TPSA) is 80.0 Å². The van der Waals surface area contributed by atoms with Crippen LogP contribution in [0.3, 0.4) is 0 Å². The van der Waals surface area contributed by atoms with Crippen LogP contribution in [-0.4, -0.2) is 53.9 Å². The number of aliphatic carboxylic acids is 1. The highest BCUT2D eigenvalue weighted by atomic mass is 32.2. The van der Waals surface area contributed by atoms with Gasteiger partial charge in [0.15, 0.2) is 5.76 Å². The molecule has 20 heavy (non-hydrogen) atoms. The lowest BCUT2D eigenvalue weighted by Crippen LogP contribution is -2.46. The maximum atomic E-state index is 12.3. The first-order valence-electron chi connectivity index (χ1n) is 6.30. The Morgan fingerprint density at radius 2 is 2.30 bits per heavy atom. The summed E-state index contributed by atoms with van der Waals surface area (Å²) in [7, 11) is 0. The molecule has 1 fully saturated rings. The smallest absolute Gasteiger partial charge is 0.306 e. The second kappa shape index (κ2) is 6.81. The lowest BCUT2D eigenvalue weighted by molar-refractivity contribution is -0.141. The lowest BCUT2D eigenvalue weighted by atomic mass is 10.2. The molecule has 1 atom stereocenters. The second-order valence-electron chi connectivity index (χ2n) is 4.54. The summed E-state index contributed by atoms with van der Waals surface area (Å²) >= 11 is 1.62. The van der Waals surface area contributed by atoms with Crippen molar-refractivity contribution in [1.82, 2.24) is 4.90 Å². The van der Waals surface area contributed by atoms with Gasteiger partial charge in [0, 0.05) is 13.1 Å². The Balaban J connectivity index is 1.98. The largest absolute Gasteiger partial charge is 0.481 e. The molecule has 2 rings (SSSR count). The van der Waals surface area contributed by atoms with Crippen molar-refractivity contribution < 1.29 is 23.8 Å². The van der Waals surface area contributed by atoms with E-state index in [4.69, 9.17) is 14.3 Å². The molecule has 2 heterocycles. The number of morpholine rings is 1. The van der Waals surface area contributed by atoms with Crippen LogP contribution in [0.1, 0.15) is 22.7 Å². The zero-order valence-electron chi connectivity index (χ0n) is 11.2. The molecule has 7 heteroatoms. The van der Waals surface area contributed by atoms with Crippen molar-refractivity contribution in [2.75, 3.05) is 26.0 Å². The van der Waals surface area contributed by atoms with Crippen LogP contribution in [0, 0.1) is 0 Å². The van der Waals surface area contributed by atoms with Crippen molar-refractivity contribution in [2.45, 2.75) is 18.3 Å². The number of rotatable bonds is 5. The Kier molecular flexibility index (Phi) is 5.08. The maximum Gasteiger partial charge on any atom is 0.306 e. The first kappa shape index (κ1) is 14.9. The van der Waals surface area contributed by atoms with Gasteiger partial charge in [-0.1, -0.05) is 0 Å². The minimum atomic E-state index is -0.926. The van der Waals surface area contributed by atoms with Gasteiger partial charge in [-0.15, -0.1) is 0 Å². The zero-order chi connectivity index (χ0) is 14.5. The molecule has 6 nitrogen and oxygen atoms in total. The van der Waals surface area contributed by atoms with Crippen molar-refractivity contribution in [3.63, 3.8) is 0 Å². The van der Waals surface area contributed by atoms with Gasteiger partial charge in [0.2, 0.25) is 0 Å². The predicted molar refractivity (Wildman–Crippen MR) is 73.8 cm³/mol. The average Bonchev–Trinajstić information content (AvgIpc) is 2.86. The van der Waals surface area contributed by atoms with Crippen molar-refractivity contribution in [3.05, 3.63) is 23.7 Å². The Bertz CT molecular complexity index is 487. The van der Waals surface area contributed by atoms with E-state index in [1.807, 2.05) is 6.26 Å². The van der Waals surface area contributed by atoms with E-state index in [2.05, 4.69) is 0 Å². The molecule has 0 aliphatic carbocycles. The molecular weight excluding hydrogens is 282 g/mol. The summed E-state index contributed by atoms with van der Waals surface area (Å²) in [5.41, 5.74) is 0. The van der Waals surface area contributed by atoms with Gasteiger partial charge in [0.05, 0.1) is 24.9 Å². The fraction of sp³-hybridized carbons (Fsp3) is 0.538. The number of hydrogen-bond acceptors (Lipinski definition) is 5. The summed E-state index contributed by atoms with van der Waals surface area (Å²) in [6.45, 7) is 1.08. The van der Waals surface area contributed by atoms with Crippen LogP contribution in [0.4, 0.5) is 0 Å². The zero-order valence-corrected chi connectivity index (χ0v) is 12.0. The molecule has 0 radical (unpaired) electrons. The van der Waals surface area contributed by atoms with E-state index >= 15 is 0 Å². The fourth-order valence-corrected chi connectivity index (χ4v) is 2.53. The summed E-state index contributed by atoms with van der Waals surface area (Å²) in [5.74, 6) is 0.639. The van der Waals surface area contributed by atoms with E-state index in [1.165, 1.54) is 0 Å². The molecule has 1 aliphatic rings. The minimum absolute atomic E-state index is 0.0976. The summed E-state index contributed by atoms with van der Waals surface area (Å²) in [5, 5.41) is 8.77. The molecule has 110 valence electrons. The van der Waals surface area contributed by atoms with E-state index in [1.54, 1.807) is 28.8 Å². The van der Waals surface area contributed by atoms with Gasteiger partial charge in [-0.2, -0.15) is 11.8 Å². The van der Waals surface area contributed by atoms with Gasteiger partial charge in [-0.25, -0.2) is 0 Å². The van der Waals surface area contributed by atoms with Crippen LogP contribution >= 0.6 is 11.8 Å². The number of thioether (sulfide) groups is 1. The predicted octanol–water partition coefficient (Wildman–Crippen LogP) is 1.46. The molecule has 1 aromatic heterocycles. The molecule has 0 aromatic carbocycles. The van der Waals surface area contributed by atoms with Crippen LogP contribution in [0.15, 0.2) is 16.5 Å². The van der Waals surface area contributed by atoms with Gasteiger partial charge < -0.3 is 19.2 Å². The maximum absolute atomic E-state index is 12.3. The molecule has 1 amide bonds. The molecular formula is C13H17NO5S. The van der Waals surface area contributed by atoms with Crippen LogP contribution in [0.5, 0.6) is 0 Å². The number of amides is 1. The van der Waals surface area contributed by atoms with Crippen molar-refractivity contribution >= 4 is 23.6 Å². The van der Waals surface area contributed by atoms with Crippen molar-refractivity contribution in [3.8, 4) is 0 Å². The molecule has 1 aromatic rings. The number of carbonyl (C=O) groups is 2. The van der Waals surface area contributed by atoms with Crippen molar-refractivity contribution in [2.24, 2.45) is 0 Å². The molecule has 1 saturated heterocycles. The number of carboxylic acid groups (broad SMARTS) is 1. The van der Waals surface area contributed by atoms with E-state index in [-0.39, 0.29) is 18.9 Å². The average molecular weight is 299 g/mol. The molecule has 1 N–H and O–H groups in total. The van der Waals surface area contributed by atoms with E-state index in [0.717, 1.165) is 11.5 Å². The highest BCUT2D eigenvalue weighted by molar-refractivity contribution is 7.97. The Morgan fingerprint density at radius 1 is 1.50 bits per heavy atom. The number of furan rings is 1. The first-order valence-corrected chi connectivity index (χ1v) is 7.70. The van der Waals surface area contributed by atoms with Gasteiger partial charge in [0.1, 0.15) is 5.76 Å². The highest BCUT2D eigenvalue weighted by Gasteiger charge is 2.28. The van der Waals surface area contributed by atoms with Gasteiger partial charge in [-0.3, -0.25) is 9.59 Å². The summed E-state index contributed by atoms with van der Waals surface area (Å²) in [6, 6.07) is 3.45. The van der Waals surface area contributed by atoms with E-state index in [9.17, 15) is 9.59 Å². The lowest BCUT2D eigenvalue weighted by Gasteiger charge is -2.31. The Hall–Kier alpha value is -1.47. The number of carboxylic acids is 1. The van der Waals surface area contributed by atoms with Crippen LogP contribution in [0.25, 0.3) is 0 Å². The van der Waals surface area contributed by atoms with E-state index in [0.29, 0.717) is 18.9 Å². The Labute approximate surface area is 121 Å². The third kappa shape index (κ3) is 3.77. The van der Waals surface area contributed by atoms with E-state index < -0.39 is 12.1 Å². The normalized spacial score (nSPS) is 19.1. The fourth-order valence-electron chi connectivity index (χ4n) is 2.09. The third-order valence-corrected chi connectivity index (χ3v) is 3.56. The van der Waals surface area contributed by atoms with Crippen LogP contribution in [0.2, 0.25) is 0 Å². The molecule has 0 spiro atoms. The SMILES string of the molecule is CSCc1ccc(C(=O)N2CCOC(CC(=O)O)C2)o1. The number of ether oxygens (including phenoxy) is 1. The first-order chi connectivity index (χ1) is 9.60. The Morgan fingerprint density at radius 3 is 3.00 bits per heavy atom. The highest BCUT2D eigenvalue weighted by Crippen LogP contribution is 2.17. The van der Waals surface area contributed by atoms with Gasteiger partial charge in [0.25, 0.3) is 5.91 Å². The van der Waals surface area contributed by atoms with Crippen LogP contribution in [-0.2, 0) is 15.3 Å². The molecule has 0 bridgehead atoms. The monoisotopic (exact) mass is 299 g/mol. The number of carbonyl (C=O) groups excluding carboxylic acids is 1. The second-order valence-corrected chi connectivity index (χ2v) is 5.41. The summed E-state index contributed by atoms with van der Waals surface area (Å²) < 4.78 is 10.8.